The van der Waals surface area contributed by atoms with Gasteiger partial charge < -0.3 is 10.1 Å². The SMILES string of the molecule is C=CC(=O)N[C@H]1CC[C@@H](n2nc(-c3ccc(Oc4ccccc4)cc3)c3cncnc32)CC1. The van der Waals surface area contributed by atoms with Gasteiger partial charge in [0, 0.05) is 17.8 Å². The van der Waals surface area contributed by atoms with Crippen molar-refractivity contribution >= 4 is 16.9 Å². The van der Waals surface area contributed by atoms with Crippen LogP contribution in [0.1, 0.15) is 31.7 Å². The summed E-state index contributed by atoms with van der Waals surface area (Å²) in [6, 6.07) is 18.0. The molecular formula is C26H25N5O2. The predicted molar refractivity (Wildman–Crippen MR) is 127 cm³/mol. The first-order chi connectivity index (χ1) is 16.2. The maximum atomic E-state index is 11.6. The lowest BCUT2D eigenvalue weighted by Crippen LogP contribution is -2.37. The van der Waals surface area contributed by atoms with Gasteiger partial charge in [0.15, 0.2) is 5.65 Å². The lowest BCUT2D eigenvalue weighted by atomic mass is 9.91. The van der Waals surface area contributed by atoms with E-state index in [0.717, 1.165) is 59.5 Å². The van der Waals surface area contributed by atoms with Crippen molar-refractivity contribution in [1.29, 1.82) is 0 Å². The van der Waals surface area contributed by atoms with E-state index in [4.69, 9.17) is 9.84 Å². The Balaban J connectivity index is 1.38. The van der Waals surface area contributed by atoms with E-state index in [0.29, 0.717) is 0 Å². The van der Waals surface area contributed by atoms with Crippen molar-refractivity contribution in [3.8, 4) is 22.8 Å². The number of fused-ring (bicyclic) bond motifs is 1. The van der Waals surface area contributed by atoms with Crippen LogP contribution in [-0.2, 0) is 4.79 Å². The van der Waals surface area contributed by atoms with E-state index in [1.165, 1.54) is 6.08 Å². The van der Waals surface area contributed by atoms with E-state index < -0.39 is 0 Å². The normalized spacial score (nSPS) is 18.1. The Hall–Kier alpha value is -4.00. The minimum absolute atomic E-state index is 0.113. The highest BCUT2D eigenvalue weighted by Crippen LogP contribution is 2.34. The van der Waals surface area contributed by atoms with Crippen LogP contribution < -0.4 is 10.1 Å². The van der Waals surface area contributed by atoms with Crippen molar-refractivity contribution in [2.75, 3.05) is 0 Å². The molecule has 7 heteroatoms. The second kappa shape index (κ2) is 9.24. The van der Waals surface area contributed by atoms with Crippen molar-refractivity contribution < 1.29 is 9.53 Å². The van der Waals surface area contributed by atoms with Crippen molar-refractivity contribution in [2.45, 2.75) is 37.8 Å². The van der Waals surface area contributed by atoms with Crippen molar-refractivity contribution in [3.05, 3.63) is 79.8 Å². The van der Waals surface area contributed by atoms with Gasteiger partial charge in [-0.05, 0) is 68.2 Å². The molecule has 1 aliphatic rings. The van der Waals surface area contributed by atoms with Crippen LogP contribution in [0, 0.1) is 0 Å². The number of para-hydroxylation sites is 1. The van der Waals surface area contributed by atoms with Crippen LogP contribution in [0.4, 0.5) is 0 Å². The molecular weight excluding hydrogens is 414 g/mol. The van der Waals surface area contributed by atoms with Crippen LogP contribution in [-0.4, -0.2) is 31.7 Å². The van der Waals surface area contributed by atoms with E-state index in [1.807, 2.05) is 65.5 Å². The molecule has 1 aliphatic carbocycles. The minimum Gasteiger partial charge on any atom is -0.457 e. The van der Waals surface area contributed by atoms with Crippen molar-refractivity contribution in [3.63, 3.8) is 0 Å². The number of amides is 1. The highest BCUT2D eigenvalue weighted by molar-refractivity contribution is 5.90. The molecule has 166 valence electrons. The van der Waals surface area contributed by atoms with Gasteiger partial charge in [0.2, 0.25) is 5.91 Å². The number of carbonyl (C=O) groups is 1. The summed E-state index contributed by atoms with van der Waals surface area (Å²) in [5.74, 6) is 1.45. The zero-order chi connectivity index (χ0) is 22.6. The second-order valence-corrected chi connectivity index (χ2v) is 8.21. The smallest absolute Gasteiger partial charge is 0.243 e. The number of ether oxygens (including phenoxy) is 1. The average Bonchev–Trinajstić information content (AvgIpc) is 3.25. The molecule has 33 heavy (non-hydrogen) atoms. The van der Waals surface area contributed by atoms with Gasteiger partial charge in [-0.15, -0.1) is 0 Å². The number of rotatable bonds is 6. The highest BCUT2D eigenvalue weighted by atomic mass is 16.5. The third-order valence-electron chi connectivity index (χ3n) is 6.05. The number of aromatic nitrogens is 4. The molecule has 2 heterocycles. The molecule has 7 nitrogen and oxygen atoms in total. The number of nitrogens with zero attached hydrogens (tertiary/aromatic N) is 4. The zero-order valence-corrected chi connectivity index (χ0v) is 18.2. The summed E-state index contributed by atoms with van der Waals surface area (Å²) in [4.78, 5) is 20.4. The second-order valence-electron chi connectivity index (χ2n) is 8.21. The van der Waals surface area contributed by atoms with Gasteiger partial charge in [0.25, 0.3) is 0 Å². The number of nitrogens with one attached hydrogen (secondary N) is 1. The Morgan fingerprint density at radius 3 is 2.48 bits per heavy atom. The molecule has 0 spiro atoms. The summed E-state index contributed by atoms with van der Waals surface area (Å²) in [7, 11) is 0. The first-order valence-corrected chi connectivity index (χ1v) is 11.2. The number of hydrogen-bond donors (Lipinski definition) is 1. The number of carbonyl (C=O) groups excluding carboxylic acids is 1. The molecule has 0 unspecified atom stereocenters. The van der Waals surface area contributed by atoms with Crippen molar-refractivity contribution in [1.82, 2.24) is 25.1 Å². The van der Waals surface area contributed by atoms with Crippen LogP contribution in [0.25, 0.3) is 22.3 Å². The van der Waals surface area contributed by atoms with Crippen LogP contribution in [0.3, 0.4) is 0 Å². The highest BCUT2D eigenvalue weighted by Gasteiger charge is 2.26. The molecule has 5 rings (SSSR count). The first-order valence-electron chi connectivity index (χ1n) is 11.2. The molecule has 0 saturated heterocycles. The summed E-state index contributed by atoms with van der Waals surface area (Å²) in [5, 5.41) is 8.90. The van der Waals surface area contributed by atoms with E-state index >= 15 is 0 Å². The summed E-state index contributed by atoms with van der Waals surface area (Å²) in [6.07, 6.45) is 8.36. The van der Waals surface area contributed by atoms with Gasteiger partial charge in [0.05, 0.1) is 11.4 Å². The Morgan fingerprint density at radius 1 is 1.03 bits per heavy atom. The van der Waals surface area contributed by atoms with E-state index in [-0.39, 0.29) is 18.0 Å². The maximum Gasteiger partial charge on any atom is 0.243 e. The molecule has 0 bridgehead atoms. The molecule has 2 aromatic carbocycles. The number of benzene rings is 2. The molecule has 0 aliphatic heterocycles. The number of hydrogen-bond acceptors (Lipinski definition) is 5. The van der Waals surface area contributed by atoms with Crippen LogP contribution in [0.2, 0.25) is 0 Å². The predicted octanol–water partition coefficient (Wildman–Crippen LogP) is 5.07. The summed E-state index contributed by atoms with van der Waals surface area (Å²) < 4.78 is 7.95. The standard InChI is InChI=1S/C26H25N5O2/c1-2-24(32)29-19-10-12-20(13-11-19)31-26-23(16-27-17-28-26)25(30-31)18-8-14-22(15-9-18)33-21-6-4-3-5-7-21/h2-9,14-17,19-20H,1,10-13H2,(H,29,32)/t19-,20+. The fourth-order valence-corrected chi connectivity index (χ4v) is 4.38. The minimum atomic E-state index is -0.113. The van der Waals surface area contributed by atoms with Crippen molar-refractivity contribution in [2.24, 2.45) is 0 Å². The Bertz CT molecular complexity index is 1260. The fraction of sp³-hybridized carbons (Fsp3) is 0.231. The third kappa shape index (κ3) is 4.48. The lowest BCUT2D eigenvalue weighted by Gasteiger charge is -2.29. The maximum absolute atomic E-state index is 11.6. The van der Waals surface area contributed by atoms with E-state index in [9.17, 15) is 4.79 Å². The van der Waals surface area contributed by atoms with Crippen LogP contribution >= 0.6 is 0 Å². The quantitative estimate of drug-likeness (QED) is 0.424. The Morgan fingerprint density at radius 2 is 1.76 bits per heavy atom. The molecule has 0 radical (unpaired) electrons. The van der Waals surface area contributed by atoms with Gasteiger partial charge in [-0.25, -0.2) is 14.6 Å². The average molecular weight is 440 g/mol. The summed E-state index contributed by atoms with van der Waals surface area (Å²) >= 11 is 0. The zero-order valence-electron chi connectivity index (χ0n) is 18.2. The van der Waals surface area contributed by atoms with Crippen LogP contribution in [0.5, 0.6) is 11.5 Å². The molecule has 0 atom stereocenters. The summed E-state index contributed by atoms with van der Waals surface area (Å²) in [6.45, 7) is 3.53. The van der Waals surface area contributed by atoms with Gasteiger partial charge in [0.1, 0.15) is 23.5 Å². The molecule has 1 saturated carbocycles. The fourth-order valence-electron chi connectivity index (χ4n) is 4.38. The van der Waals surface area contributed by atoms with Gasteiger partial charge in [-0.2, -0.15) is 5.10 Å². The molecule has 1 N–H and O–H groups in total. The Labute approximate surface area is 192 Å². The third-order valence-corrected chi connectivity index (χ3v) is 6.05. The monoisotopic (exact) mass is 439 g/mol. The van der Waals surface area contributed by atoms with Gasteiger partial charge in [-0.1, -0.05) is 24.8 Å². The molecule has 4 aromatic rings. The lowest BCUT2D eigenvalue weighted by molar-refractivity contribution is -0.117. The molecule has 1 amide bonds. The first kappa shape index (κ1) is 20.9. The van der Waals surface area contributed by atoms with Crippen LogP contribution in [0.15, 0.2) is 79.8 Å². The van der Waals surface area contributed by atoms with Gasteiger partial charge >= 0.3 is 0 Å². The largest absolute Gasteiger partial charge is 0.457 e. The van der Waals surface area contributed by atoms with E-state index in [2.05, 4.69) is 21.9 Å². The van der Waals surface area contributed by atoms with Gasteiger partial charge in [-0.3, -0.25) is 4.79 Å². The topological polar surface area (TPSA) is 81.9 Å². The Kier molecular flexibility index (Phi) is 5.85. The molecule has 2 aromatic heterocycles. The van der Waals surface area contributed by atoms with E-state index in [1.54, 1.807) is 6.33 Å². The molecule has 1 fully saturated rings. The summed E-state index contributed by atoms with van der Waals surface area (Å²) in [5.41, 5.74) is 2.68.